The lowest BCUT2D eigenvalue weighted by molar-refractivity contribution is 0.541. The van der Waals surface area contributed by atoms with Gasteiger partial charge in [0.1, 0.15) is 0 Å². The zero-order valence-electron chi connectivity index (χ0n) is 37.3. The summed E-state index contributed by atoms with van der Waals surface area (Å²) in [5, 5.41) is 0. The lowest BCUT2D eigenvalue weighted by Crippen LogP contribution is -2.44. The Balaban J connectivity index is -0.000000154. The van der Waals surface area contributed by atoms with Gasteiger partial charge in [-0.05, 0) is 53.4 Å². The predicted molar refractivity (Wildman–Crippen MR) is 251 cm³/mol. The van der Waals surface area contributed by atoms with Gasteiger partial charge < -0.3 is 0 Å². The topological polar surface area (TPSA) is 273 Å². The van der Waals surface area contributed by atoms with Crippen molar-refractivity contribution in [3.63, 3.8) is 0 Å². The summed E-state index contributed by atoms with van der Waals surface area (Å²) in [6.45, 7) is 23.3. The molecule has 0 N–H and O–H groups in total. The first kappa shape index (κ1) is 70.0. The number of sulfone groups is 8. The second kappa shape index (κ2) is 25.6. The van der Waals surface area contributed by atoms with E-state index in [2.05, 4.69) is 0 Å². The third kappa shape index (κ3) is 14.7. The standard InChI is InChI=1S/4C8H18O4S2.2H2S/c4*1-5-8(4,13(9,10)6-2)14(11,12)7-3;;/h4*5-7H2,1-4H3;2*1H2. The minimum absolute atomic E-state index is 0. The Bertz CT molecular complexity index is 1690. The van der Waals surface area contributed by atoms with Crippen LogP contribution in [0.15, 0.2) is 0 Å². The summed E-state index contributed by atoms with van der Waals surface area (Å²) in [6.07, 6.45) is 0.386. The normalized spacial score (nSPS) is 13.8. The van der Waals surface area contributed by atoms with Crippen LogP contribution in [0, 0.1) is 0 Å². The molecule has 0 atom stereocenters. The molecule has 0 aliphatic rings. The van der Waals surface area contributed by atoms with Crippen molar-refractivity contribution in [1.82, 2.24) is 0 Å². The molecule has 0 aliphatic heterocycles. The van der Waals surface area contributed by atoms with Crippen molar-refractivity contribution in [3.05, 3.63) is 0 Å². The smallest absolute Gasteiger partial charge is 0.170 e. The second-order valence-corrected chi connectivity index (χ2v) is 35.9. The van der Waals surface area contributed by atoms with Crippen LogP contribution < -0.4 is 0 Å². The van der Waals surface area contributed by atoms with Crippen LogP contribution >= 0.6 is 27.0 Å². The van der Waals surface area contributed by atoms with Gasteiger partial charge in [0, 0.05) is 46.0 Å². The van der Waals surface area contributed by atoms with Crippen molar-refractivity contribution >= 4 is 106 Å². The van der Waals surface area contributed by atoms with Crippen LogP contribution in [0.1, 0.15) is 136 Å². The van der Waals surface area contributed by atoms with Gasteiger partial charge in [0.15, 0.2) is 95.0 Å². The van der Waals surface area contributed by atoms with Crippen molar-refractivity contribution in [3.8, 4) is 0 Å². The molecule has 16 nitrogen and oxygen atoms in total. The molecule has 0 radical (unpaired) electrons. The van der Waals surface area contributed by atoms with Gasteiger partial charge in [-0.2, -0.15) is 27.0 Å². The second-order valence-electron chi connectivity index (χ2n) is 13.2. The van der Waals surface area contributed by atoms with Gasteiger partial charge in [-0.3, -0.25) is 0 Å². The van der Waals surface area contributed by atoms with Crippen molar-refractivity contribution in [2.45, 2.75) is 153 Å². The lowest BCUT2D eigenvalue weighted by Gasteiger charge is -2.26. The summed E-state index contributed by atoms with van der Waals surface area (Å²) < 4.78 is 180. The third-order valence-corrected chi connectivity index (χ3v) is 35.9. The van der Waals surface area contributed by atoms with Crippen LogP contribution in [0.3, 0.4) is 0 Å². The number of hydrogen-bond acceptors (Lipinski definition) is 16. The first-order valence-corrected chi connectivity index (χ1v) is 31.7. The van der Waals surface area contributed by atoms with Crippen molar-refractivity contribution in [2.24, 2.45) is 0 Å². The Morgan fingerprint density at radius 1 is 0.224 bits per heavy atom. The summed E-state index contributed by atoms with van der Waals surface area (Å²) >= 11 is 0. The van der Waals surface area contributed by atoms with Crippen molar-refractivity contribution in [1.29, 1.82) is 0 Å². The molecule has 0 rings (SSSR count). The summed E-state index contributed by atoms with van der Waals surface area (Å²) in [5.74, 6) is -1.14. The van der Waals surface area contributed by atoms with E-state index in [-0.39, 0.29) is 98.7 Å². The molecule has 0 aromatic heterocycles. The minimum Gasteiger partial charge on any atom is -0.227 e. The molecule has 0 fully saturated rings. The molecular formula is C32H76O16S10. The summed E-state index contributed by atoms with van der Waals surface area (Å²) in [5.41, 5.74) is 0. The Labute approximate surface area is 368 Å². The Hall–Kier alpha value is 0.300. The maximum atomic E-state index is 11.7. The predicted octanol–water partition coefficient (Wildman–Crippen LogP) is 4.15. The fraction of sp³-hybridized carbons (Fsp3) is 1.00. The molecule has 58 heavy (non-hydrogen) atoms. The molecule has 360 valence electrons. The van der Waals surface area contributed by atoms with E-state index < -0.39 is 95.0 Å². The molecule has 0 heterocycles. The Morgan fingerprint density at radius 2 is 0.293 bits per heavy atom. The van der Waals surface area contributed by atoms with Crippen LogP contribution in [0.4, 0.5) is 0 Å². The Morgan fingerprint density at radius 3 is 0.328 bits per heavy atom. The zero-order valence-corrected chi connectivity index (χ0v) is 45.8. The summed E-state index contributed by atoms with van der Waals surface area (Å²) in [4.78, 5) is 0. The quantitative estimate of drug-likeness (QED) is 0.166. The first-order valence-electron chi connectivity index (χ1n) is 18.5. The number of rotatable bonds is 20. The zero-order chi connectivity index (χ0) is 46.5. The van der Waals surface area contributed by atoms with Crippen LogP contribution in [-0.4, -0.2) is 130 Å². The van der Waals surface area contributed by atoms with E-state index in [1.54, 1.807) is 27.7 Å². The fourth-order valence-corrected chi connectivity index (χ4v) is 22.4. The highest BCUT2D eigenvalue weighted by Crippen LogP contribution is 2.32. The third-order valence-electron chi connectivity index (χ3n) is 10.9. The van der Waals surface area contributed by atoms with E-state index in [4.69, 9.17) is 0 Å². The highest BCUT2D eigenvalue weighted by molar-refractivity contribution is 8.11. The lowest BCUT2D eigenvalue weighted by atomic mass is 10.4. The summed E-state index contributed by atoms with van der Waals surface area (Å²) in [6, 6.07) is 0. The van der Waals surface area contributed by atoms with Gasteiger partial charge in [-0.25, -0.2) is 67.3 Å². The van der Waals surface area contributed by atoms with Gasteiger partial charge in [0.05, 0.1) is 0 Å². The number of hydrogen-bond donors (Lipinski definition) is 0. The molecule has 0 saturated carbocycles. The van der Waals surface area contributed by atoms with E-state index in [0.717, 1.165) is 0 Å². The van der Waals surface area contributed by atoms with E-state index >= 15 is 0 Å². The van der Waals surface area contributed by atoms with E-state index in [1.807, 2.05) is 0 Å². The molecule has 0 aromatic carbocycles. The SMILES string of the molecule is CCC(C)(S(=O)(=O)CC)S(=O)(=O)CC.CCC(C)(S(=O)(=O)CC)S(=O)(=O)CC.CCC(C)(S(=O)(=O)CC)S(=O)(=O)CC.CCC(C)(S(=O)(=O)CC)S(=O)(=O)CC.S.S. The fourth-order valence-electron chi connectivity index (χ4n) is 4.98. The van der Waals surface area contributed by atoms with Gasteiger partial charge >= 0.3 is 0 Å². The molecular weight excluding hydrogens is 961 g/mol. The van der Waals surface area contributed by atoms with Crippen molar-refractivity contribution < 1.29 is 67.3 Å². The molecule has 0 aliphatic carbocycles. The van der Waals surface area contributed by atoms with Gasteiger partial charge in [0.25, 0.3) is 0 Å². The maximum absolute atomic E-state index is 11.7. The average Bonchev–Trinajstić information content (AvgIpc) is 3.16. The molecule has 0 amide bonds. The van der Waals surface area contributed by atoms with Gasteiger partial charge in [-0.1, -0.05) is 83.1 Å². The molecule has 0 saturated heterocycles. The van der Waals surface area contributed by atoms with Crippen LogP contribution in [-0.2, 0) is 78.7 Å². The van der Waals surface area contributed by atoms with E-state index in [1.165, 1.54) is 83.1 Å². The largest absolute Gasteiger partial charge is 0.227 e. The van der Waals surface area contributed by atoms with Crippen LogP contribution in [0.5, 0.6) is 0 Å². The molecule has 0 aromatic rings. The van der Waals surface area contributed by atoms with E-state index in [0.29, 0.717) is 0 Å². The Kier molecular flexibility index (Phi) is 30.8. The molecule has 0 unspecified atom stereocenters. The van der Waals surface area contributed by atoms with E-state index in [9.17, 15) is 67.3 Å². The maximum Gasteiger partial charge on any atom is 0.170 e. The monoisotopic (exact) mass is 1040 g/mol. The highest BCUT2D eigenvalue weighted by atomic mass is 32.3. The molecule has 0 spiro atoms. The average molecular weight is 1040 g/mol. The minimum atomic E-state index is -3.57. The van der Waals surface area contributed by atoms with Crippen LogP contribution in [0.25, 0.3) is 0 Å². The highest BCUT2D eigenvalue weighted by Gasteiger charge is 2.49. The van der Waals surface area contributed by atoms with Crippen molar-refractivity contribution in [2.75, 3.05) is 46.0 Å². The molecule has 0 bridgehead atoms. The van der Waals surface area contributed by atoms with Gasteiger partial charge in [-0.15, -0.1) is 0 Å². The first-order chi connectivity index (χ1) is 24.7. The van der Waals surface area contributed by atoms with Gasteiger partial charge in [0.2, 0.25) is 0 Å². The summed E-state index contributed by atoms with van der Waals surface area (Å²) in [7, 11) is -28.5. The van der Waals surface area contributed by atoms with Crippen LogP contribution in [0.2, 0.25) is 0 Å². The molecule has 26 heteroatoms.